The van der Waals surface area contributed by atoms with Gasteiger partial charge in [0.15, 0.2) is 0 Å². The van der Waals surface area contributed by atoms with E-state index in [9.17, 15) is 4.79 Å². The van der Waals surface area contributed by atoms with Gasteiger partial charge in [-0.1, -0.05) is 78.5 Å². The monoisotopic (exact) mass is 403 g/mol. The van der Waals surface area contributed by atoms with E-state index in [4.69, 9.17) is 0 Å². The second-order valence-electron chi connectivity index (χ2n) is 7.10. The van der Waals surface area contributed by atoms with Crippen LogP contribution in [0.25, 0.3) is 0 Å². The summed E-state index contributed by atoms with van der Waals surface area (Å²) < 4.78 is 0. The molecule has 0 saturated carbocycles. The summed E-state index contributed by atoms with van der Waals surface area (Å²) in [5.74, 6) is 0.633. The molecule has 5 heteroatoms. The minimum Gasteiger partial charge on any atom is -0.339 e. The van der Waals surface area contributed by atoms with Crippen LogP contribution in [0.1, 0.15) is 17.2 Å². The predicted molar refractivity (Wildman–Crippen MR) is 118 cm³/mol. The second kappa shape index (κ2) is 9.72. The molecule has 0 unspecified atom stereocenters. The van der Waals surface area contributed by atoms with Gasteiger partial charge in [-0.15, -0.1) is 0 Å². The Morgan fingerprint density at radius 2 is 1.41 bits per heavy atom. The molecule has 0 aliphatic carbocycles. The van der Waals surface area contributed by atoms with Crippen molar-refractivity contribution in [2.75, 3.05) is 31.9 Å². The van der Waals surface area contributed by atoms with Crippen LogP contribution in [-0.2, 0) is 4.79 Å². The van der Waals surface area contributed by atoms with Crippen LogP contribution < -0.4 is 0 Å². The molecule has 0 atom stereocenters. The number of carbonyl (C=O) groups excluding carboxylic acids is 1. The number of hydrogen-bond acceptors (Lipinski definition) is 4. The zero-order valence-corrected chi connectivity index (χ0v) is 17.2. The van der Waals surface area contributed by atoms with Gasteiger partial charge in [-0.05, 0) is 23.3 Å². The Morgan fingerprint density at radius 1 is 0.828 bits per heavy atom. The lowest BCUT2D eigenvalue weighted by Gasteiger charge is -2.39. The van der Waals surface area contributed by atoms with Gasteiger partial charge in [-0.2, -0.15) is 0 Å². The maximum atomic E-state index is 12.6. The number of benzene rings is 2. The van der Waals surface area contributed by atoms with E-state index in [1.165, 1.54) is 22.9 Å². The first-order valence-electron chi connectivity index (χ1n) is 9.97. The molecular weight excluding hydrogens is 378 g/mol. The molecule has 1 fully saturated rings. The maximum Gasteiger partial charge on any atom is 0.233 e. The lowest BCUT2D eigenvalue weighted by molar-refractivity contribution is -0.130. The van der Waals surface area contributed by atoms with E-state index in [-0.39, 0.29) is 11.9 Å². The van der Waals surface area contributed by atoms with Gasteiger partial charge in [-0.25, -0.2) is 4.98 Å². The van der Waals surface area contributed by atoms with Crippen LogP contribution in [0, 0.1) is 0 Å². The lowest BCUT2D eigenvalue weighted by atomic mass is 9.96. The SMILES string of the molecule is O=C(CSc1ccccn1)N1CCN(C(c2ccccc2)c2ccccc2)CC1. The molecule has 4 rings (SSSR count). The number of thioether (sulfide) groups is 1. The third-order valence-corrected chi connectivity index (χ3v) is 6.17. The summed E-state index contributed by atoms with van der Waals surface area (Å²) in [4.78, 5) is 21.4. The highest BCUT2D eigenvalue weighted by Crippen LogP contribution is 2.29. The summed E-state index contributed by atoms with van der Waals surface area (Å²) in [5, 5.41) is 0.896. The molecule has 1 saturated heterocycles. The number of pyridine rings is 1. The number of amides is 1. The second-order valence-corrected chi connectivity index (χ2v) is 8.09. The van der Waals surface area contributed by atoms with E-state index >= 15 is 0 Å². The summed E-state index contributed by atoms with van der Waals surface area (Å²) in [6.07, 6.45) is 1.76. The molecular formula is C24H25N3OS. The van der Waals surface area contributed by atoms with Crippen LogP contribution in [0.3, 0.4) is 0 Å². The first-order chi connectivity index (χ1) is 14.3. The van der Waals surface area contributed by atoms with Crippen molar-refractivity contribution >= 4 is 17.7 Å². The molecule has 1 aromatic heterocycles. The highest BCUT2D eigenvalue weighted by Gasteiger charge is 2.28. The fourth-order valence-corrected chi connectivity index (χ4v) is 4.54. The standard InChI is InChI=1S/C24H25N3OS/c28-23(19-29-22-13-7-8-14-25-22)26-15-17-27(18-16-26)24(20-9-3-1-4-10-20)21-11-5-2-6-12-21/h1-14,24H,15-19H2. The Bertz CT molecular complexity index is 858. The number of piperazine rings is 1. The average molecular weight is 404 g/mol. The molecule has 2 heterocycles. The molecule has 3 aromatic rings. The van der Waals surface area contributed by atoms with Gasteiger partial charge in [0.25, 0.3) is 0 Å². The number of aromatic nitrogens is 1. The van der Waals surface area contributed by atoms with Crippen molar-refractivity contribution in [1.82, 2.24) is 14.8 Å². The van der Waals surface area contributed by atoms with Crippen molar-refractivity contribution in [3.63, 3.8) is 0 Å². The molecule has 29 heavy (non-hydrogen) atoms. The zero-order valence-electron chi connectivity index (χ0n) is 16.4. The van der Waals surface area contributed by atoms with Crippen molar-refractivity contribution in [3.8, 4) is 0 Å². The van der Waals surface area contributed by atoms with Crippen LogP contribution in [0.2, 0.25) is 0 Å². The summed E-state index contributed by atoms with van der Waals surface area (Å²) in [6.45, 7) is 3.26. The molecule has 0 spiro atoms. The van der Waals surface area contributed by atoms with Crippen molar-refractivity contribution in [2.45, 2.75) is 11.1 Å². The van der Waals surface area contributed by atoms with Gasteiger partial charge >= 0.3 is 0 Å². The van der Waals surface area contributed by atoms with Crippen LogP contribution >= 0.6 is 11.8 Å². The number of hydrogen-bond donors (Lipinski definition) is 0. The first-order valence-corrected chi connectivity index (χ1v) is 11.0. The zero-order chi connectivity index (χ0) is 19.9. The maximum absolute atomic E-state index is 12.6. The van der Waals surface area contributed by atoms with Crippen LogP contribution in [-0.4, -0.2) is 52.6 Å². The summed E-state index contributed by atoms with van der Waals surface area (Å²) in [5.41, 5.74) is 2.59. The van der Waals surface area contributed by atoms with Crippen molar-refractivity contribution in [1.29, 1.82) is 0 Å². The number of carbonyl (C=O) groups is 1. The van der Waals surface area contributed by atoms with Crippen LogP contribution in [0.15, 0.2) is 90.1 Å². The Labute approximate surface area is 176 Å². The molecule has 148 valence electrons. The van der Waals surface area contributed by atoms with Gasteiger partial charge in [-0.3, -0.25) is 9.69 Å². The topological polar surface area (TPSA) is 36.4 Å². The van der Waals surface area contributed by atoms with E-state index in [2.05, 4.69) is 70.5 Å². The van der Waals surface area contributed by atoms with Gasteiger partial charge in [0.1, 0.15) is 0 Å². The van der Waals surface area contributed by atoms with E-state index in [1.54, 1.807) is 6.20 Å². The quantitative estimate of drug-likeness (QED) is 0.581. The third kappa shape index (κ3) is 5.05. The van der Waals surface area contributed by atoms with E-state index in [1.807, 2.05) is 23.1 Å². The van der Waals surface area contributed by atoms with Crippen LogP contribution in [0.5, 0.6) is 0 Å². The minimum absolute atomic E-state index is 0.191. The summed E-state index contributed by atoms with van der Waals surface area (Å²) in [7, 11) is 0. The molecule has 2 aromatic carbocycles. The fourth-order valence-electron chi connectivity index (χ4n) is 3.77. The van der Waals surface area contributed by atoms with Crippen molar-refractivity contribution in [2.24, 2.45) is 0 Å². The molecule has 4 nitrogen and oxygen atoms in total. The normalized spacial score (nSPS) is 14.9. The minimum atomic E-state index is 0.191. The predicted octanol–water partition coefficient (Wildman–Crippen LogP) is 4.11. The van der Waals surface area contributed by atoms with Gasteiger partial charge in [0, 0.05) is 32.4 Å². The summed E-state index contributed by atoms with van der Waals surface area (Å²) in [6, 6.07) is 27.3. The van der Waals surface area contributed by atoms with Crippen LogP contribution in [0.4, 0.5) is 0 Å². The van der Waals surface area contributed by atoms with E-state index < -0.39 is 0 Å². The Balaban J connectivity index is 1.40. The average Bonchev–Trinajstić information content (AvgIpc) is 2.80. The number of nitrogens with zero attached hydrogens (tertiary/aromatic N) is 3. The molecule has 0 N–H and O–H groups in total. The first kappa shape index (κ1) is 19.7. The molecule has 0 bridgehead atoms. The van der Waals surface area contributed by atoms with Gasteiger partial charge in [0.2, 0.25) is 5.91 Å². The third-order valence-electron chi connectivity index (χ3n) is 5.24. The van der Waals surface area contributed by atoms with Crippen molar-refractivity contribution < 1.29 is 4.79 Å². The Kier molecular flexibility index (Phi) is 6.60. The molecule has 1 amide bonds. The summed E-state index contributed by atoms with van der Waals surface area (Å²) >= 11 is 1.51. The smallest absolute Gasteiger partial charge is 0.233 e. The largest absolute Gasteiger partial charge is 0.339 e. The molecule has 1 aliphatic rings. The van der Waals surface area contributed by atoms with E-state index in [0.717, 1.165) is 31.2 Å². The Morgan fingerprint density at radius 3 is 1.97 bits per heavy atom. The van der Waals surface area contributed by atoms with Crippen molar-refractivity contribution in [3.05, 3.63) is 96.2 Å². The highest BCUT2D eigenvalue weighted by atomic mass is 32.2. The molecule has 1 aliphatic heterocycles. The Hall–Kier alpha value is -2.63. The number of rotatable bonds is 6. The van der Waals surface area contributed by atoms with Gasteiger partial charge in [0.05, 0.1) is 16.8 Å². The van der Waals surface area contributed by atoms with Gasteiger partial charge < -0.3 is 4.90 Å². The lowest BCUT2D eigenvalue weighted by Crippen LogP contribution is -2.50. The molecule has 0 radical (unpaired) electrons. The fraction of sp³-hybridized carbons (Fsp3) is 0.250. The van der Waals surface area contributed by atoms with E-state index in [0.29, 0.717) is 5.75 Å². The highest BCUT2D eigenvalue weighted by molar-refractivity contribution is 7.99.